The van der Waals surface area contributed by atoms with Gasteiger partial charge in [-0.25, -0.2) is 4.98 Å². The molecule has 2 aromatic rings. The molecule has 2 N–H and O–H groups in total. The molecule has 0 fully saturated rings. The van der Waals surface area contributed by atoms with Gasteiger partial charge in [0.2, 0.25) is 5.91 Å². The highest BCUT2D eigenvalue weighted by atomic mass is 19.4. The zero-order chi connectivity index (χ0) is 23.0. The van der Waals surface area contributed by atoms with Crippen molar-refractivity contribution in [2.75, 3.05) is 29.9 Å². The number of carbonyl (C=O) groups excluding carboxylic acids is 1. The van der Waals surface area contributed by atoms with E-state index >= 15 is 0 Å². The van der Waals surface area contributed by atoms with Crippen LogP contribution in [-0.4, -0.2) is 35.4 Å². The van der Waals surface area contributed by atoms with Gasteiger partial charge in [-0.1, -0.05) is 6.07 Å². The third kappa shape index (κ3) is 6.83. The van der Waals surface area contributed by atoms with Crippen LogP contribution in [0.15, 0.2) is 36.5 Å². The number of nitrogens with zero attached hydrogens (tertiary/aromatic N) is 3. The molecule has 0 atom stereocenters. The molecule has 1 aromatic carbocycles. The van der Waals surface area contributed by atoms with Crippen molar-refractivity contribution in [3.63, 3.8) is 0 Å². The van der Waals surface area contributed by atoms with Crippen LogP contribution in [0.1, 0.15) is 31.4 Å². The van der Waals surface area contributed by atoms with Gasteiger partial charge in [0, 0.05) is 44.9 Å². The number of aromatic nitrogens is 1. The minimum Gasteiger partial charge on any atom is -0.379 e. The molecule has 1 aromatic heterocycles. The first-order chi connectivity index (χ1) is 14.7. The number of amides is 1. The first-order valence-corrected chi connectivity index (χ1v) is 9.71. The molecule has 0 radical (unpaired) electrons. The normalized spacial score (nSPS) is 11.1. The van der Waals surface area contributed by atoms with E-state index in [-0.39, 0.29) is 31.1 Å². The van der Waals surface area contributed by atoms with Crippen molar-refractivity contribution in [2.45, 2.75) is 33.0 Å². The molecule has 0 aliphatic heterocycles. The van der Waals surface area contributed by atoms with Crippen LogP contribution < -0.4 is 15.5 Å². The topological polar surface area (TPSA) is 100 Å². The predicted molar refractivity (Wildman–Crippen MR) is 111 cm³/mol. The Bertz CT molecular complexity index is 900. The Morgan fingerprint density at radius 1 is 1.19 bits per heavy atom. The predicted octanol–water partition coefficient (Wildman–Crippen LogP) is 3.97. The fourth-order valence-corrected chi connectivity index (χ4v) is 2.86. The lowest BCUT2D eigenvalue weighted by molar-refractivity contribution is -0.384. The van der Waals surface area contributed by atoms with E-state index in [0.717, 1.165) is 36.6 Å². The van der Waals surface area contributed by atoms with Gasteiger partial charge in [0.15, 0.2) is 0 Å². The van der Waals surface area contributed by atoms with Crippen LogP contribution in [0.2, 0.25) is 0 Å². The standard InChI is InChI=1S/C20H24F3N5O3/c1-3-27(4-2)18-8-5-14(12-25-18)13-26-19(29)9-10-24-16-7-6-15(20(21,22)23)11-17(16)28(30)31/h5-8,11-12,24H,3-4,9-10,13H2,1-2H3,(H,26,29). The number of pyridine rings is 1. The minimum absolute atomic E-state index is 0.0108. The molecule has 11 heteroatoms. The van der Waals surface area contributed by atoms with E-state index in [0.29, 0.717) is 6.07 Å². The molecule has 1 amide bonds. The van der Waals surface area contributed by atoms with E-state index in [1.54, 1.807) is 6.20 Å². The molecule has 0 spiro atoms. The molecule has 8 nitrogen and oxygen atoms in total. The zero-order valence-corrected chi connectivity index (χ0v) is 17.2. The van der Waals surface area contributed by atoms with Gasteiger partial charge in [-0.3, -0.25) is 14.9 Å². The van der Waals surface area contributed by atoms with Crippen LogP contribution in [0.4, 0.5) is 30.4 Å². The van der Waals surface area contributed by atoms with Gasteiger partial charge in [-0.05, 0) is 37.6 Å². The third-order valence-electron chi connectivity index (χ3n) is 4.58. The smallest absolute Gasteiger partial charge is 0.379 e. The molecule has 31 heavy (non-hydrogen) atoms. The monoisotopic (exact) mass is 439 g/mol. The van der Waals surface area contributed by atoms with E-state index in [1.807, 2.05) is 26.0 Å². The average Bonchev–Trinajstić information content (AvgIpc) is 2.73. The van der Waals surface area contributed by atoms with E-state index < -0.39 is 22.4 Å². The van der Waals surface area contributed by atoms with Crippen LogP contribution in [-0.2, 0) is 17.5 Å². The van der Waals surface area contributed by atoms with Gasteiger partial charge in [0.25, 0.3) is 5.69 Å². The zero-order valence-electron chi connectivity index (χ0n) is 17.2. The molecule has 0 bridgehead atoms. The lowest BCUT2D eigenvalue weighted by atomic mass is 10.1. The maximum Gasteiger partial charge on any atom is 0.416 e. The van der Waals surface area contributed by atoms with Crippen LogP contribution >= 0.6 is 0 Å². The second-order valence-corrected chi connectivity index (χ2v) is 6.64. The van der Waals surface area contributed by atoms with Crippen LogP contribution in [0.5, 0.6) is 0 Å². The van der Waals surface area contributed by atoms with Crippen LogP contribution in [0, 0.1) is 10.1 Å². The van der Waals surface area contributed by atoms with E-state index in [2.05, 4.69) is 20.5 Å². The summed E-state index contributed by atoms with van der Waals surface area (Å²) in [5.74, 6) is 0.539. The molecule has 0 unspecified atom stereocenters. The molecule has 0 saturated heterocycles. The lowest BCUT2D eigenvalue weighted by Gasteiger charge is -2.19. The van der Waals surface area contributed by atoms with Crippen molar-refractivity contribution in [3.8, 4) is 0 Å². The molecule has 0 saturated carbocycles. The summed E-state index contributed by atoms with van der Waals surface area (Å²) in [7, 11) is 0. The number of hydrogen-bond acceptors (Lipinski definition) is 6. The largest absolute Gasteiger partial charge is 0.416 e. The molecular formula is C20H24F3N5O3. The fraction of sp³-hybridized carbons (Fsp3) is 0.400. The molecule has 0 aliphatic carbocycles. The molecule has 2 rings (SSSR count). The van der Waals surface area contributed by atoms with Crippen LogP contribution in [0.3, 0.4) is 0 Å². The Morgan fingerprint density at radius 3 is 2.45 bits per heavy atom. The van der Waals surface area contributed by atoms with Gasteiger partial charge in [0.05, 0.1) is 10.5 Å². The number of hydrogen-bond donors (Lipinski definition) is 2. The lowest BCUT2D eigenvalue weighted by Crippen LogP contribution is -2.25. The molecule has 168 valence electrons. The van der Waals surface area contributed by atoms with E-state index in [9.17, 15) is 28.1 Å². The summed E-state index contributed by atoms with van der Waals surface area (Å²) in [6.45, 7) is 6.04. The maximum absolute atomic E-state index is 12.7. The van der Waals surface area contributed by atoms with Crippen molar-refractivity contribution >= 4 is 23.1 Å². The van der Waals surface area contributed by atoms with Crippen molar-refractivity contribution in [1.82, 2.24) is 10.3 Å². The van der Waals surface area contributed by atoms with Crippen molar-refractivity contribution in [1.29, 1.82) is 0 Å². The highest BCUT2D eigenvalue weighted by Gasteiger charge is 2.33. The van der Waals surface area contributed by atoms with Gasteiger partial charge >= 0.3 is 6.18 Å². The second kappa shape index (κ2) is 10.6. The Hall–Kier alpha value is -3.37. The van der Waals surface area contributed by atoms with Gasteiger partial charge in [-0.2, -0.15) is 13.2 Å². The highest BCUT2D eigenvalue weighted by Crippen LogP contribution is 2.34. The number of anilines is 2. The quantitative estimate of drug-likeness (QED) is 0.429. The SMILES string of the molecule is CCN(CC)c1ccc(CNC(=O)CCNc2ccc(C(F)(F)F)cc2[N+](=O)[O-])cn1. The number of halogens is 3. The van der Waals surface area contributed by atoms with Crippen molar-refractivity contribution < 1.29 is 22.9 Å². The number of nitro benzene ring substituents is 1. The summed E-state index contributed by atoms with van der Waals surface area (Å²) in [6, 6.07) is 5.95. The molecular weight excluding hydrogens is 415 g/mol. The summed E-state index contributed by atoms with van der Waals surface area (Å²) < 4.78 is 38.2. The number of benzene rings is 1. The average molecular weight is 439 g/mol. The van der Waals surface area contributed by atoms with E-state index in [1.165, 1.54) is 0 Å². The number of nitro groups is 1. The minimum atomic E-state index is -4.68. The first kappa shape index (κ1) is 23.9. The van der Waals surface area contributed by atoms with Crippen molar-refractivity contribution in [2.24, 2.45) is 0 Å². The number of nitrogens with one attached hydrogen (secondary N) is 2. The summed E-state index contributed by atoms with van der Waals surface area (Å²) in [5, 5.41) is 16.4. The number of carbonyl (C=O) groups is 1. The summed E-state index contributed by atoms with van der Waals surface area (Å²) in [5.41, 5.74) is -1.07. The van der Waals surface area contributed by atoms with Gasteiger partial charge in [0.1, 0.15) is 11.5 Å². The highest BCUT2D eigenvalue weighted by molar-refractivity contribution is 5.76. The number of rotatable bonds is 10. The fourth-order valence-electron chi connectivity index (χ4n) is 2.86. The summed E-state index contributed by atoms with van der Waals surface area (Å²) in [4.78, 5) is 28.7. The summed E-state index contributed by atoms with van der Waals surface area (Å²) in [6.07, 6.45) is -3.01. The number of alkyl halides is 3. The Morgan fingerprint density at radius 2 is 1.90 bits per heavy atom. The maximum atomic E-state index is 12.7. The second-order valence-electron chi connectivity index (χ2n) is 6.64. The van der Waals surface area contributed by atoms with Crippen LogP contribution in [0.25, 0.3) is 0 Å². The van der Waals surface area contributed by atoms with Crippen molar-refractivity contribution in [3.05, 3.63) is 57.8 Å². The molecule has 0 aliphatic rings. The summed E-state index contributed by atoms with van der Waals surface area (Å²) >= 11 is 0. The van der Waals surface area contributed by atoms with E-state index in [4.69, 9.17) is 0 Å². The van der Waals surface area contributed by atoms with Gasteiger partial charge in [-0.15, -0.1) is 0 Å². The Balaban J connectivity index is 1.86. The third-order valence-corrected chi connectivity index (χ3v) is 4.58. The first-order valence-electron chi connectivity index (χ1n) is 9.71. The Labute approximate surface area is 177 Å². The Kier molecular flexibility index (Phi) is 8.17. The van der Waals surface area contributed by atoms with Gasteiger partial charge < -0.3 is 15.5 Å². The molecule has 1 heterocycles.